The quantitative estimate of drug-likeness (QED) is 0.204. The van der Waals surface area contributed by atoms with Crippen LogP contribution in [0.15, 0.2) is 158 Å². The van der Waals surface area contributed by atoms with E-state index in [-0.39, 0.29) is 0 Å². The number of fused-ring (bicyclic) bond motifs is 5. The number of nitrogens with zero attached hydrogens (tertiary/aromatic N) is 2. The maximum absolute atomic E-state index is 5.23. The highest BCUT2D eigenvalue weighted by atomic mass is 32.1. The lowest BCUT2D eigenvalue weighted by Crippen LogP contribution is -1.94. The summed E-state index contributed by atoms with van der Waals surface area (Å²) in [5.41, 5.74) is 8.88. The van der Waals surface area contributed by atoms with Crippen LogP contribution in [0.25, 0.3) is 86.7 Å². The summed E-state index contributed by atoms with van der Waals surface area (Å²) in [5.74, 6) is 0.740. The van der Waals surface area contributed by atoms with Crippen molar-refractivity contribution in [2.45, 2.75) is 0 Å². The van der Waals surface area contributed by atoms with Crippen molar-refractivity contribution in [3.05, 3.63) is 158 Å². The van der Waals surface area contributed by atoms with Gasteiger partial charge in [0.1, 0.15) is 0 Å². The lowest BCUT2D eigenvalue weighted by atomic mass is 9.97. The number of hydrogen-bond acceptors (Lipinski definition) is 3. The van der Waals surface area contributed by atoms with E-state index in [2.05, 4.69) is 158 Å². The number of rotatable bonds is 4. The van der Waals surface area contributed by atoms with Gasteiger partial charge >= 0.3 is 0 Å². The highest BCUT2D eigenvalue weighted by molar-refractivity contribution is 7.26. The third-order valence-corrected chi connectivity index (χ3v) is 9.87. The lowest BCUT2D eigenvalue weighted by Gasteiger charge is -2.10. The van der Waals surface area contributed by atoms with Crippen LogP contribution in [-0.2, 0) is 0 Å². The Labute approximate surface area is 264 Å². The Hall–Kier alpha value is -5.64. The summed E-state index contributed by atoms with van der Waals surface area (Å²) in [6.07, 6.45) is 0. The van der Waals surface area contributed by atoms with Crippen LogP contribution in [0.4, 0.5) is 0 Å². The SMILES string of the molecule is c1ccc2cc(-c3ccc(-c4nc(-c5ccc(-c6cccc7ccccc67)cc5)nc5c4sc4ccccc45)cc3)ccc2c1. The van der Waals surface area contributed by atoms with Gasteiger partial charge in [0.2, 0.25) is 0 Å². The van der Waals surface area contributed by atoms with E-state index in [1.165, 1.54) is 53.9 Å². The fraction of sp³-hybridized carbons (Fsp3) is 0. The third kappa shape index (κ3) is 4.48. The molecule has 45 heavy (non-hydrogen) atoms. The number of aromatic nitrogens is 2. The van der Waals surface area contributed by atoms with Crippen molar-refractivity contribution >= 4 is 53.2 Å². The maximum Gasteiger partial charge on any atom is 0.160 e. The fourth-order valence-electron chi connectivity index (χ4n) is 6.38. The van der Waals surface area contributed by atoms with E-state index in [1.54, 1.807) is 11.3 Å². The van der Waals surface area contributed by atoms with Gasteiger partial charge in [0.15, 0.2) is 5.82 Å². The van der Waals surface area contributed by atoms with Gasteiger partial charge in [-0.05, 0) is 55.9 Å². The van der Waals surface area contributed by atoms with Gasteiger partial charge in [0.05, 0.1) is 15.9 Å². The molecule has 0 saturated heterocycles. The van der Waals surface area contributed by atoms with Crippen LogP contribution in [-0.4, -0.2) is 9.97 Å². The van der Waals surface area contributed by atoms with Crippen LogP contribution < -0.4 is 0 Å². The molecule has 3 heteroatoms. The Morgan fingerprint density at radius 1 is 0.400 bits per heavy atom. The first kappa shape index (κ1) is 25.8. The number of hydrogen-bond donors (Lipinski definition) is 0. The highest BCUT2D eigenvalue weighted by Crippen LogP contribution is 2.40. The van der Waals surface area contributed by atoms with Crippen LogP contribution in [0, 0.1) is 0 Å². The van der Waals surface area contributed by atoms with E-state index in [0.29, 0.717) is 0 Å². The second kappa shape index (κ2) is 10.5. The van der Waals surface area contributed by atoms with E-state index >= 15 is 0 Å². The second-order valence-corrected chi connectivity index (χ2v) is 12.5. The molecular weight excluding hydrogens is 565 g/mol. The molecule has 9 aromatic rings. The minimum Gasteiger partial charge on any atom is -0.226 e. The van der Waals surface area contributed by atoms with Gasteiger partial charge < -0.3 is 0 Å². The average molecular weight is 591 g/mol. The molecule has 0 spiro atoms. The monoisotopic (exact) mass is 590 g/mol. The Morgan fingerprint density at radius 3 is 1.87 bits per heavy atom. The molecule has 0 atom stereocenters. The summed E-state index contributed by atoms with van der Waals surface area (Å²) in [6.45, 7) is 0. The van der Waals surface area contributed by atoms with Gasteiger partial charge in [-0.25, -0.2) is 9.97 Å². The van der Waals surface area contributed by atoms with Crippen molar-refractivity contribution < 1.29 is 0 Å². The van der Waals surface area contributed by atoms with Gasteiger partial charge in [0, 0.05) is 21.2 Å². The van der Waals surface area contributed by atoms with Gasteiger partial charge in [-0.15, -0.1) is 11.3 Å². The van der Waals surface area contributed by atoms with Crippen LogP contribution >= 0.6 is 11.3 Å². The summed E-state index contributed by atoms with van der Waals surface area (Å²) in [7, 11) is 0. The zero-order chi connectivity index (χ0) is 29.7. The largest absolute Gasteiger partial charge is 0.226 e. The van der Waals surface area contributed by atoms with Crippen molar-refractivity contribution in [2.24, 2.45) is 0 Å². The molecule has 0 N–H and O–H groups in total. The second-order valence-electron chi connectivity index (χ2n) is 11.4. The molecular formula is C42H26N2S. The maximum atomic E-state index is 5.23. The van der Waals surface area contributed by atoms with E-state index in [0.717, 1.165) is 32.9 Å². The molecule has 2 heterocycles. The third-order valence-electron chi connectivity index (χ3n) is 8.70. The van der Waals surface area contributed by atoms with Gasteiger partial charge in [-0.1, -0.05) is 146 Å². The predicted molar refractivity (Wildman–Crippen MR) is 192 cm³/mol. The van der Waals surface area contributed by atoms with E-state index in [4.69, 9.17) is 9.97 Å². The highest BCUT2D eigenvalue weighted by Gasteiger charge is 2.17. The van der Waals surface area contributed by atoms with Crippen molar-refractivity contribution in [3.8, 4) is 44.9 Å². The van der Waals surface area contributed by atoms with Crippen LogP contribution in [0.1, 0.15) is 0 Å². The Bertz CT molecular complexity index is 2520. The molecule has 0 radical (unpaired) electrons. The standard InChI is InChI=1S/C42H26N2S/c1-2-10-33-26-34(25-18-27(33)8-1)28-16-21-31(22-17-28)39-41-40(37-13-5-6-15-38(37)45-41)44-42(43-39)32-23-19-30(20-24-32)36-14-7-11-29-9-3-4-12-35(29)36/h1-26H. The van der Waals surface area contributed by atoms with Crippen LogP contribution in [0.2, 0.25) is 0 Å². The molecule has 0 aliphatic heterocycles. The lowest BCUT2D eigenvalue weighted by molar-refractivity contribution is 1.24. The van der Waals surface area contributed by atoms with E-state index < -0.39 is 0 Å². The van der Waals surface area contributed by atoms with Crippen molar-refractivity contribution in [1.82, 2.24) is 9.97 Å². The Kier molecular flexibility index (Phi) is 6.03. The minimum atomic E-state index is 0.740. The molecule has 9 rings (SSSR count). The molecule has 2 nitrogen and oxygen atoms in total. The summed E-state index contributed by atoms with van der Waals surface area (Å²) in [6, 6.07) is 56.2. The molecule has 7 aromatic carbocycles. The fourth-order valence-corrected chi connectivity index (χ4v) is 7.53. The molecule has 0 unspecified atom stereocenters. The van der Waals surface area contributed by atoms with Crippen molar-refractivity contribution in [1.29, 1.82) is 0 Å². The molecule has 0 saturated carbocycles. The first-order valence-corrected chi connectivity index (χ1v) is 16.0. The van der Waals surface area contributed by atoms with Gasteiger partial charge in [-0.2, -0.15) is 0 Å². The molecule has 0 aliphatic carbocycles. The smallest absolute Gasteiger partial charge is 0.160 e. The Balaban J connectivity index is 1.15. The first-order valence-electron chi connectivity index (χ1n) is 15.2. The zero-order valence-electron chi connectivity index (χ0n) is 24.3. The zero-order valence-corrected chi connectivity index (χ0v) is 25.1. The van der Waals surface area contributed by atoms with E-state index in [1.807, 2.05) is 0 Å². The molecule has 0 fully saturated rings. The van der Waals surface area contributed by atoms with Crippen molar-refractivity contribution in [3.63, 3.8) is 0 Å². The molecule has 0 bridgehead atoms. The number of benzene rings is 7. The molecule has 0 aliphatic rings. The van der Waals surface area contributed by atoms with E-state index in [9.17, 15) is 0 Å². The Morgan fingerprint density at radius 2 is 1.02 bits per heavy atom. The van der Waals surface area contributed by atoms with Gasteiger partial charge in [0.25, 0.3) is 0 Å². The molecule has 0 amide bonds. The summed E-state index contributed by atoms with van der Waals surface area (Å²) < 4.78 is 2.34. The molecule has 2 aromatic heterocycles. The predicted octanol–water partition coefficient (Wildman–Crippen LogP) is 11.8. The normalized spacial score (nSPS) is 11.6. The topological polar surface area (TPSA) is 25.8 Å². The van der Waals surface area contributed by atoms with Gasteiger partial charge in [-0.3, -0.25) is 0 Å². The van der Waals surface area contributed by atoms with Crippen LogP contribution in [0.3, 0.4) is 0 Å². The summed E-state index contributed by atoms with van der Waals surface area (Å²) in [4.78, 5) is 10.4. The first-order chi connectivity index (χ1) is 22.3. The molecule has 210 valence electrons. The van der Waals surface area contributed by atoms with Crippen molar-refractivity contribution in [2.75, 3.05) is 0 Å². The van der Waals surface area contributed by atoms with Crippen LogP contribution in [0.5, 0.6) is 0 Å². The summed E-state index contributed by atoms with van der Waals surface area (Å²) in [5, 5.41) is 6.17. The minimum absolute atomic E-state index is 0.740. The average Bonchev–Trinajstić information content (AvgIpc) is 3.50. The number of thiophene rings is 1. The summed E-state index contributed by atoms with van der Waals surface area (Å²) >= 11 is 1.76.